The second kappa shape index (κ2) is 4.86. The Bertz CT molecular complexity index is 587. The highest BCUT2D eigenvalue weighted by Crippen LogP contribution is 2.18. The zero-order chi connectivity index (χ0) is 13.1. The molecule has 0 spiro atoms. The average molecular weight is 254 g/mol. The lowest BCUT2D eigenvalue weighted by Gasteiger charge is -2.08. The summed E-state index contributed by atoms with van der Waals surface area (Å²) >= 11 is 0. The van der Waals surface area contributed by atoms with Gasteiger partial charge < -0.3 is 10.8 Å². The summed E-state index contributed by atoms with van der Waals surface area (Å²) in [7, 11) is -3.97. The third kappa shape index (κ3) is 2.96. The molecule has 0 saturated heterocycles. The Hall–Kier alpha value is -2.04. The van der Waals surface area contributed by atoms with E-state index in [0.717, 1.165) is 12.1 Å². The molecule has 1 rings (SSSR count). The zero-order valence-electron chi connectivity index (χ0n) is 8.67. The largest absolute Gasteiger partial charge is 0.478 e. The maximum Gasteiger partial charge on any atom is 0.337 e. The zero-order valence-corrected chi connectivity index (χ0v) is 9.49. The summed E-state index contributed by atoms with van der Waals surface area (Å²) in [6, 6.07) is 3.51. The molecule has 1 aromatic carbocycles. The second-order valence-electron chi connectivity index (χ2n) is 3.09. The second-order valence-corrected chi connectivity index (χ2v) is 4.82. The summed E-state index contributed by atoms with van der Waals surface area (Å²) in [4.78, 5) is 10.5. The molecule has 0 aliphatic heterocycles. The lowest BCUT2D eigenvalue weighted by molar-refractivity contribution is 0.0692. The van der Waals surface area contributed by atoms with Gasteiger partial charge in [-0.05, 0) is 18.2 Å². The van der Waals surface area contributed by atoms with Crippen LogP contribution in [-0.2, 0) is 10.0 Å². The molecule has 0 radical (unpaired) electrons. The summed E-state index contributed by atoms with van der Waals surface area (Å²) in [6.07, 6.45) is 4.92. The first-order chi connectivity index (χ1) is 7.88. The van der Waals surface area contributed by atoms with E-state index in [1.807, 2.05) is 0 Å². The van der Waals surface area contributed by atoms with E-state index >= 15 is 0 Å². The molecule has 0 bridgehead atoms. The third-order valence-corrected chi connectivity index (χ3v) is 3.33. The highest BCUT2D eigenvalue weighted by atomic mass is 32.2. The van der Waals surface area contributed by atoms with Gasteiger partial charge >= 0.3 is 5.97 Å². The minimum atomic E-state index is -3.97. The summed E-state index contributed by atoms with van der Waals surface area (Å²) in [5.74, 6) is 0.732. The Labute approximate surface area is 98.5 Å². The fourth-order valence-electron chi connectivity index (χ4n) is 1.15. The molecule has 0 amide bonds. The number of terminal acetylenes is 1. The summed E-state index contributed by atoms with van der Waals surface area (Å²) in [5, 5.41) is 8.87. The number of nitrogens with two attached hydrogens (primary N) is 1. The molecule has 4 N–H and O–H groups in total. The molecule has 0 fully saturated rings. The number of sulfonamides is 1. The van der Waals surface area contributed by atoms with Crippen molar-refractivity contribution in [2.75, 3.05) is 12.3 Å². The van der Waals surface area contributed by atoms with Crippen molar-refractivity contribution in [1.82, 2.24) is 4.72 Å². The summed E-state index contributed by atoms with van der Waals surface area (Å²) < 4.78 is 25.6. The Kier molecular flexibility index (Phi) is 3.73. The molecule has 6 nitrogen and oxygen atoms in total. The van der Waals surface area contributed by atoms with E-state index in [1.165, 1.54) is 6.07 Å². The number of nitrogens with one attached hydrogen (secondary N) is 1. The van der Waals surface area contributed by atoms with Gasteiger partial charge in [0.25, 0.3) is 0 Å². The van der Waals surface area contributed by atoms with Crippen LogP contribution in [0.1, 0.15) is 10.4 Å². The first-order valence-electron chi connectivity index (χ1n) is 4.44. The Morgan fingerprint density at radius 3 is 2.71 bits per heavy atom. The molecule has 17 heavy (non-hydrogen) atoms. The molecule has 7 heteroatoms. The maximum absolute atomic E-state index is 11.7. The van der Waals surface area contributed by atoms with Crippen molar-refractivity contribution in [3.05, 3.63) is 23.8 Å². The molecular weight excluding hydrogens is 244 g/mol. The number of hydrogen-bond acceptors (Lipinski definition) is 4. The van der Waals surface area contributed by atoms with Gasteiger partial charge in [-0.1, -0.05) is 5.92 Å². The highest BCUT2D eigenvalue weighted by molar-refractivity contribution is 7.89. The lowest BCUT2D eigenvalue weighted by atomic mass is 10.2. The molecule has 0 aromatic heterocycles. The molecule has 90 valence electrons. The molecule has 0 atom stereocenters. The van der Waals surface area contributed by atoms with Crippen LogP contribution < -0.4 is 10.5 Å². The van der Waals surface area contributed by atoms with Crippen LogP contribution >= 0.6 is 0 Å². The molecule has 0 aliphatic rings. The van der Waals surface area contributed by atoms with E-state index in [9.17, 15) is 13.2 Å². The molecule has 0 aliphatic carbocycles. The van der Waals surface area contributed by atoms with E-state index in [4.69, 9.17) is 17.3 Å². The molecular formula is C10H10N2O4S. The number of carbonyl (C=O) groups is 1. The number of carboxylic acids is 1. The van der Waals surface area contributed by atoms with E-state index < -0.39 is 20.9 Å². The minimum absolute atomic E-state index is 0.149. The predicted molar refractivity (Wildman–Crippen MR) is 61.8 cm³/mol. The van der Waals surface area contributed by atoms with Gasteiger partial charge in [0.05, 0.1) is 17.0 Å². The van der Waals surface area contributed by atoms with Crippen LogP contribution in [0.4, 0.5) is 5.69 Å². The average Bonchev–Trinajstić information content (AvgIpc) is 2.26. The topological polar surface area (TPSA) is 109 Å². The number of aromatic carboxylic acids is 1. The van der Waals surface area contributed by atoms with Crippen molar-refractivity contribution in [2.45, 2.75) is 4.90 Å². The number of benzene rings is 1. The van der Waals surface area contributed by atoms with Gasteiger partial charge in [0.15, 0.2) is 0 Å². The third-order valence-electron chi connectivity index (χ3n) is 1.89. The quantitative estimate of drug-likeness (QED) is 0.512. The van der Waals surface area contributed by atoms with Crippen molar-refractivity contribution in [3.63, 3.8) is 0 Å². The molecule has 0 unspecified atom stereocenters. The number of anilines is 1. The Morgan fingerprint density at radius 2 is 2.18 bits per heavy atom. The van der Waals surface area contributed by atoms with E-state index in [-0.39, 0.29) is 17.8 Å². The van der Waals surface area contributed by atoms with Gasteiger partial charge in [-0.15, -0.1) is 6.42 Å². The lowest BCUT2D eigenvalue weighted by Crippen LogP contribution is -2.26. The van der Waals surface area contributed by atoms with Gasteiger partial charge in [-0.25, -0.2) is 13.2 Å². The standard InChI is InChI=1S/C10H10N2O4S/c1-2-5-12-17(15,16)9-6-7(11)3-4-8(9)10(13)14/h1,3-4,6,12H,5,11H2,(H,13,14). The van der Waals surface area contributed by atoms with Crippen LogP contribution in [0.25, 0.3) is 0 Å². The van der Waals surface area contributed by atoms with Crippen LogP contribution in [0.5, 0.6) is 0 Å². The van der Waals surface area contributed by atoms with Crippen molar-refractivity contribution >= 4 is 21.7 Å². The number of nitrogen functional groups attached to an aromatic ring is 1. The summed E-state index contributed by atoms with van der Waals surface area (Å²) in [5.41, 5.74) is 5.22. The van der Waals surface area contributed by atoms with Crippen LogP contribution in [0.2, 0.25) is 0 Å². The SMILES string of the molecule is C#CCNS(=O)(=O)c1cc(N)ccc1C(=O)O. The van der Waals surface area contributed by atoms with E-state index in [1.54, 1.807) is 0 Å². The highest BCUT2D eigenvalue weighted by Gasteiger charge is 2.21. The number of rotatable bonds is 4. The van der Waals surface area contributed by atoms with Crippen LogP contribution in [0.3, 0.4) is 0 Å². The first-order valence-corrected chi connectivity index (χ1v) is 5.92. The van der Waals surface area contributed by atoms with Crippen molar-refractivity contribution in [2.24, 2.45) is 0 Å². The van der Waals surface area contributed by atoms with Crippen molar-refractivity contribution < 1.29 is 18.3 Å². The smallest absolute Gasteiger partial charge is 0.337 e. The fourth-order valence-corrected chi connectivity index (χ4v) is 2.32. The Morgan fingerprint density at radius 1 is 1.53 bits per heavy atom. The van der Waals surface area contributed by atoms with Crippen LogP contribution in [0.15, 0.2) is 23.1 Å². The normalized spacial score (nSPS) is 10.8. The number of hydrogen-bond donors (Lipinski definition) is 3. The maximum atomic E-state index is 11.7. The van der Waals surface area contributed by atoms with Gasteiger partial charge in [0.1, 0.15) is 0 Å². The van der Waals surface area contributed by atoms with Crippen molar-refractivity contribution in [1.29, 1.82) is 0 Å². The van der Waals surface area contributed by atoms with Crippen molar-refractivity contribution in [3.8, 4) is 12.3 Å². The minimum Gasteiger partial charge on any atom is -0.478 e. The van der Waals surface area contributed by atoms with Gasteiger partial charge in [-0.3, -0.25) is 0 Å². The molecule has 0 saturated carbocycles. The fraction of sp³-hybridized carbons (Fsp3) is 0.100. The van der Waals surface area contributed by atoms with Crippen LogP contribution in [0, 0.1) is 12.3 Å². The summed E-state index contributed by atoms with van der Waals surface area (Å²) in [6.45, 7) is -0.226. The monoisotopic (exact) mass is 254 g/mol. The van der Waals surface area contributed by atoms with Crippen LogP contribution in [-0.4, -0.2) is 26.0 Å². The molecule has 0 heterocycles. The predicted octanol–water partition coefficient (Wildman–Crippen LogP) is -0.122. The molecule has 1 aromatic rings. The van der Waals surface area contributed by atoms with E-state index in [0.29, 0.717) is 0 Å². The Balaban J connectivity index is 3.34. The number of carboxylic acid groups (broad SMARTS) is 1. The first kappa shape index (κ1) is 13.0. The van der Waals surface area contributed by atoms with E-state index in [2.05, 4.69) is 10.6 Å². The van der Waals surface area contributed by atoms with Gasteiger partial charge in [0.2, 0.25) is 10.0 Å². The van der Waals surface area contributed by atoms with Gasteiger partial charge in [-0.2, -0.15) is 4.72 Å². The van der Waals surface area contributed by atoms with Gasteiger partial charge in [0, 0.05) is 5.69 Å².